The Kier molecular flexibility index (Phi) is 3.60. The Labute approximate surface area is 135 Å². The number of nitrogen functional groups attached to an aromatic ring is 1. The molecule has 0 fully saturated rings. The molecule has 0 unspecified atom stereocenters. The first-order valence-corrected chi connectivity index (χ1v) is 7.54. The van der Waals surface area contributed by atoms with Crippen molar-refractivity contribution in [1.82, 2.24) is 4.98 Å². The summed E-state index contributed by atoms with van der Waals surface area (Å²) in [6.07, 6.45) is 1.71. The number of H-pyrrole nitrogens is 1. The Morgan fingerprint density at radius 2 is 1.83 bits per heavy atom. The van der Waals surface area contributed by atoms with Crippen LogP contribution in [0.4, 0.5) is 5.69 Å². The summed E-state index contributed by atoms with van der Waals surface area (Å²) in [5.74, 6) is 0.228. The predicted octanol–water partition coefficient (Wildman–Crippen LogP) is 4.37. The van der Waals surface area contributed by atoms with Crippen LogP contribution in [0.25, 0.3) is 22.0 Å². The lowest BCUT2D eigenvalue weighted by Gasteiger charge is -2.15. The molecule has 23 heavy (non-hydrogen) atoms. The Morgan fingerprint density at radius 3 is 2.48 bits per heavy atom. The van der Waals surface area contributed by atoms with Crippen LogP contribution in [-0.2, 0) is 4.79 Å². The molecule has 1 aromatic heterocycles. The zero-order valence-corrected chi connectivity index (χ0v) is 13.5. The number of esters is 1. The lowest BCUT2D eigenvalue weighted by molar-refractivity contribution is -0.142. The molecule has 0 radical (unpaired) electrons. The fourth-order valence-electron chi connectivity index (χ4n) is 2.41. The van der Waals surface area contributed by atoms with Gasteiger partial charge in [-0.05, 0) is 38.5 Å². The van der Waals surface area contributed by atoms with Gasteiger partial charge < -0.3 is 15.5 Å². The molecule has 0 saturated carbocycles. The Morgan fingerprint density at radius 1 is 1.13 bits per heavy atom. The molecule has 0 aliphatic carbocycles. The summed E-state index contributed by atoms with van der Waals surface area (Å²) in [5, 5.41) is 0.807. The van der Waals surface area contributed by atoms with Gasteiger partial charge in [-0.1, -0.05) is 30.3 Å². The average Bonchev–Trinajstić information content (AvgIpc) is 2.89. The molecule has 0 aliphatic heterocycles. The molecule has 4 heteroatoms. The molecule has 0 bridgehead atoms. The van der Waals surface area contributed by atoms with E-state index in [4.69, 9.17) is 10.5 Å². The largest absolute Gasteiger partial charge is 0.424 e. The average molecular weight is 308 g/mol. The molecule has 118 valence electrons. The normalized spacial score (nSPS) is 11.6. The van der Waals surface area contributed by atoms with E-state index in [2.05, 4.69) is 4.98 Å². The molecule has 0 atom stereocenters. The monoisotopic (exact) mass is 308 g/mol. The van der Waals surface area contributed by atoms with Crippen LogP contribution >= 0.6 is 0 Å². The van der Waals surface area contributed by atoms with Crippen molar-refractivity contribution < 1.29 is 9.53 Å². The zero-order valence-electron chi connectivity index (χ0n) is 13.5. The van der Waals surface area contributed by atoms with Gasteiger partial charge in [0.2, 0.25) is 0 Å². The number of rotatable bonds is 2. The fraction of sp³-hybridized carbons (Fsp3) is 0.211. The van der Waals surface area contributed by atoms with Gasteiger partial charge in [-0.2, -0.15) is 0 Å². The maximum atomic E-state index is 12.1. The second-order valence-electron chi connectivity index (χ2n) is 6.65. The quantitative estimate of drug-likeness (QED) is 0.545. The van der Waals surface area contributed by atoms with E-state index >= 15 is 0 Å². The van der Waals surface area contributed by atoms with E-state index in [1.807, 2.05) is 63.2 Å². The molecule has 3 rings (SSSR count). The topological polar surface area (TPSA) is 68.1 Å². The van der Waals surface area contributed by atoms with Gasteiger partial charge in [-0.15, -0.1) is 0 Å². The molecule has 0 saturated heterocycles. The summed E-state index contributed by atoms with van der Waals surface area (Å²) in [6, 6.07) is 13.7. The minimum absolute atomic E-state index is 0.276. The van der Waals surface area contributed by atoms with E-state index in [0.717, 1.165) is 22.0 Å². The zero-order chi connectivity index (χ0) is 16.6. The second kappa shape index (κ2) is 5.47. The predicted molar refractivity (Wildman–Crippen MR) is 93.2 cm³/mol. The van der Waals surface area contributed by atoms with Gasteiger partial charge in [-0.3, -0.25) is 4.79 Å². The van der Waals surface area contributed by atoms with Crippen LogP contribution < -0.4 is 10.5 Å². The van der Waals surface area contributed by atoms with E-state index in [0.29, 0.717) is 11.4 Å². The highest BCUT2D eigenvalue weighted by Gasteiger charge is 2.25. The summed E-state index contributed by atoms with van der Waals surface area (Å²) in [5.41, 5.74) is 9.06. The lowest BCUT2D eigenvalue weighted by Crippen LogP contribution is -2.25. The third-order valence-electron chi connectivity index (χ3n) is 3.67. The number of fused-ring (bicyclic) bond motifs is 1. The number of aromatic amines is 1. The van der Waals surface area contributed by atoms with Crippen molar-refractivity contribution in [2.24, 2.45) is 5.41 Å². The van der Waals surface area contributed by atoms with Gasteiger partial charge in [-0.25, -0.2) is 0 Å². The van der Waals surface area contributed by atoms with Crippen LogP contribution in [0.5, 0.6) is 5.75 Å². The highest BCUT2D eigenvalue weighted by Crippen LogP contribution is 2.36. The van der Waals surface area contributed by atoms with Gasteiger partial charge >= 0.3 is 5.97 Å². The van der Waals surface area contributed by atoms with Crippen LogP contribution in [-0.4, -0.2) is 11.0 Å². The van der Waals surface area contributed by atoms with Gasteiger partial charge in [0.1, 0.15) is 0 Å². The molecule has 4 nitrogen and oxygen atoms in total. The number of carbonyl (C=O) groups is 1. The lowest BCUT2D eigenvalue weighted by atomic mass is 9.97. The van der Waals surface area contributed by atoms with E-state index in [1.165, 1.54) is 0 Å². The molecule has 0 amide bonds. The maximum absolute atomic E-state index is 12.1. The molecular formula is C19H20N2O2. The van der Waals surface area contributed by atoms with Crippen molar-refractivity contribution in [1.29, 1.82) is 0 Å². The standard InChI is InChI=1S/C19H20N2O2/c1-19(2,3)18(22)23-16-11-21-17-14(9-13(20)10-15(16)17)12-7-5-4-6-8-12/h4-11,21H,20H2,1-3H3. The Balaban J connectivity index is 2.11. The summed E-state index contributed by atoms with van der Waals surface area (Å²) in [7, 11) is 0. The molecule has 2 aromatic carbocycles. The van der Waals surface area contributed by atoms with Crippen molar-refractivity contribution >= 4 is 22.6 Å². The molecule has 0 aliphatic rings. The smallest absolute Gasteiger partial charge is 0.316 e. The summed E-state index contributed by atoms with van der Waals surface area (Å²) in [4.78, 5) is 15.4. The van der Waals surface area contributed by atoms with Crippen LogP contribution in [0.2, 0.25) is 0 Å². The number of ether oxygens (including phenoxy) is 1. The van der Waals surface area contributed by atoms with Gasteiger partial charge in [0.15, 0.2) is 5.75 Å². The van der Waals surface area contributed by atoms with Crippen molar-refractivity contribution in [2.75, 3.05) is 5.73 Å². The molecule has 1 heterocycles. The van der Waals surface area contributed by atoms with Crippen LogP contribution in [0, 0.1) is 5.41 Å². The highest BCUT2D eigenvalue weighted by atomic mass is 16.5. The highest BCUT2D eigenvalue weighted by molar-refractivity contribution is 6.01. The molecule has 3 aromatic rings. The maximum Gasteiger partial charge on any atom is 0.316 e. The first-order chi connectivity index (χ1) is 10.9. The number of hydrogen-bond acceptors (Lipinski definition) is 3. The Bertz CT molecular complexity index is 858. The van der Waals surface area contributed by atoms with Crippen LogP contribution in [0.15, 0.2) is 48.7 Å². The molecule has 3 N–H and O–H groups in total. The fourth-order valence-corrected chi connectivity index (χ4v) is 2.41. The van der Waals surface area contributed by atoms with Crippen LogP contribution in [0.1, 0.15) is 20.8 Å². The van der Waals surface area contributed by atoms with Crippen molar-refractivity contribution in [3.63, 3.8) is 0 Å². The van der Waals surface area contributed by atoms with Crippen LogP contribution in [0.3, 0.4) is 0 Å². The van der Waals surface area contributed by atoms with Gasteiger partial charge in [0, 0.05) is 22.8 Å². The first-order valence-electron chi connectivity index (χ1n) is 7.54. The third-order valence-corrected chi connectivity index (χ3v) is 3.67. The van der Waals surface area contributed by atoms with Gasteiger partial charge in [0.25, 0.3) is 0 Å². The number of benzene rings is 2. The number of anilines is 1. The number of nitrogens with two attached hydrogens (primary N) is 1. The number of aromatic nitrogens is 1. The third kappa shape index (κ3) is 2.93. The van der Waals surface area contributed by atoms with E-state index in [1.54, 1.807) is 6.20 Å². The SMILES string of the molecule is CC(C)(C)C(=O)Oc1c[nH]c2c(-c3ccccc3)cc(N)cc12. The second-order valence-corrected chi connectivity index (χ2v) is 6.65. The number of carbonyl (C=O) groups excluding carboxylic acids is 1. The van der Waals surface area contributed by atoms with E-state index in [-0.39, 0.29) is 5.97 Å². The van der Waals surface area contributed by atoms with E-state index < -0.39 is 5.41 Å². The molecular weight excluding hydrogens is 288 g/mol. The number of nitrogens with one attached hydrogen (secondary N) is 1. The minimum Gasteiger partial charge on any atom is -0.424 e. The van der Waals surface area contributed by atoms with Crippen molar-refractivity contribution in [3.05, 3.63) is 48.7 Å². The van der Waals surface area contributed by atoms with Crippen molar-refractivity contribution in [2.45, 2.75) is 20.8 Å². The first kappa shape index (κ1) is 15.2. The summed E-state index contributed by atoms with van der Waals surface area (Å²) in [6.45, 7) is 5.48. The van der Waals surface area contributed by atoms with E-state index in [9.17, 15) is 4.79 Å². The number of hydrogen-bond donors (Lipinski definition) is 2. The minimum atomic E-state index is -0.563. The van der Waals surface area contributed by atoms with Gasteiger partial charge in [0.05, 0.1) is 10.9 Å². The summed E-state index contributed by atoms with van der Waals surface area (Å²) < 4.78 is 5.55. The van der Waals surface area contributed by atoms with Crippen molar-refractivity contribution in [3.8, 4) is 16.9 Å². The molecule has 0 spiro atoms. The summed E-state index contributed by atoms with van der Waals surface area (Å²) >= 11 is 0. The Hall–Kier alpha value is -2.75.